The number of ether oxygens (including phenoxy) is 2. The number of halogens is 2. The van der Waals surface area contributed by atoms with Crippen molar-refractivity contribution >= 4 is 33.2 Å². The lowest BCUT2D eigenvalue weighted by atomic mass is 9.64. The van der Waals surface area contributed by atoms with Crippen LogP contribution < -0.4 is 19.7 Å². The summed E-state index contributed by atoms with van der Waals surface area (Å²) in [6.07, 6.45) is 7.03. The molecule has 4 bridgehead atoms. The number of carbonyl (C=O) groups excluding carboxylic acids is 1. The molecule has 8 rings (SSSR count). The Kier molecular flexibility index (Phi) is 10.8. The molecule has 9 nitrogen and oxygen atoms in total. The van der Waals surface area contributed by atoms with Crippen LogP contribution in [0.1, 0.15) is 67.4 Å². The Hall–Kier alpha value is -2.70. The molecule has 0 aromatic heterocycles. The molecule has 1 unspecified atom stereocenters. The zero-order chi connectivity index (χ0) is 35.0. The summed E-state index contributed by atoms with van der Waals surface area (Å²) in [5.41, 5.74) is 3.63. The van der Waals surface area contributed by atoms with Crippen LogP contribution in [0, 0.1) is 29.5 Å². The smallest absolute Gasteiger partial charge is 0.264 e. The lowest BCUT2D eigenvalue weighted by molar-refractivity contribution is -0.0331. The first-order chi connectivity index (χ1) is 24.1. The summed E-state index contributed by atoms with van der Waals surface area (Å²) in [6.45, 7) is 10.6. The van der Waals surface area contributed by atoms with E-state index in [4.69, 9.17) is 21.1 Å². The van der Waals surface area contributed by atoms with Gasteiger partial charge in [0.25, 0.3) is 5.91 Å². The molecule has 4 heterocycles. The average molecular weight is 729 g/mol. The van der Waals surface area contributed by atoms with E-state index in [0.717, 1.165) is 70.4 Å². The third kappa shape index (κ3) is 7.44. The molecule has 6 atom stereocenters. The number of carbonyl (C=O) groups is 1. The second kappa shape index (κ2) is 15.1. The highest BCUT2D eigenvalue weighted by molar-refractivity contribution is 7.90. The molecule has 1 amide bonds. The molecular formula is C38H50ClFN4O5S. The van der Waals surface area contributed by atoms with Crippen molar-refractivity contribution in [2.75, 3.05) is 57.4 Å². The van der Waals surface area contributed by atoms with Crippen LogP contribution in [-0.4, -0.2) is 83.1 Å². The number of allylic oxidation sites excluding steroid dienone is 1. The normalized spacial score (nSPS) is 30.2. The molecule has 2 aliphatic carbocycles. The number of hydrogen-bond acceptors (Lipinski definition) is 8. The van der Waals surface area contributed by atoms with Gasteiger partial charge in [0.15, 0.2) is 0 Å². The van der Waals surface area contributed by atoms with Gasteiger partial charge in [-0.25, -0.2) is 17.5 Å². The summed E-state index contributed by atoms with van der Waals surface area (Å²) in [7, 11) is -3.97. The molecular weight excluding hydrogens is 679 g/mol. The summed E-state index contributed by atoms with van der Waals surface area (Å²) in [5.74, 6) is 0.0485. The summed E-state index contributed by atoms with van der Waals surface area (Å²) < 4.78 is 58.2. The maximum absolute atomic E-state index is 15.6. The Morgan fingerprint density at radius 2 is 1.90 bits per heavy atom. The Labute approximate surface area is 300 Å². The van der Waals surface area contributed by atoms with Gasteiger partial charge < -0.3 is 19.7 Å². The molecule has 2 aromatic rings. The van der Waals surface area contributed by atoms with E-state index in [9.17, 15) is 13.2 Å². The van der Waals surface area contributed by atoms with Gasteiger partial charge in [0.1, 0.15) is 11.6 Å². The monoisotopic (exact) mass is 728 g/mol. The first-order valence-electron chi connectivity index (χ1n) is 18.4. The van der Waals surface area contributed by atoms with Crippen molar-refractivity contribution in [3.8, 4) is 5.75 Å². The van der Waals surface area contributed by atoms with E-state index < -0.39 is 21.2 Å². The minimum Gasteiger partial charge on any atom is -0.491 e. The number of anilines is 1. The number of hydrogen-bond donors (Lipinski definition) is 2. The average Bonchev–Trinajstić information content (AvgIpc) is 3.10. The van der Waals surface area contributed by atoms with Crippen molar-refractivity contribution in [2.45, 2.75) is 70.3 Å². The number of rotatable bonds is 4. The van der Waals surface area contributed by atoms with Gasteiger partial charge >= 0.3 is 0 Å². The van der Waals surface area contributed by atoms with E-state index in [0.29, 0.717) is 55.6 Å². The van der Waals surface area contributed by atoms with Crippen LogP contribution in [0.15, 0.2) is 42.0 Å². The molecule has 12 heteroatoms. The van der Waals surface area contributed by atoms with Crippen LogP contribution in [0.4, 0.5) is 10.1 Å². The van der Waals surface area contributed by atoms with Crippen LogP contribution in [0.5, 0.6) is 5.75 Å². The fourth-order valence-corrected chi connectivity index (χ4v) is 9.85. The van der Waals surface area contributed by atoms with Gasteiger partial charge in [-0.05, 0) is 110 Å². The first-order valence-corrected chi connectivity index (χ1v) is 20.3. The van der Waals surface area contributed by atoms with Gasteiger partial charge in [0.2, 0.25) is 10.0 Å². The van der Waals surface area contributed by atoms with Crippen LogP contribution in [0.2, 0.25) is 5.02 Å². The maximum atomic E-state index is 15.6. The fourth-order valence-electron chi connectivity index (χ4n) is 8.34. The van der Waals surface area contributed by atoms with E-state index >= 15 is 4.39 Å². The van der Waals surface area contributed by atoms with Crippen LogP contribution in [0.25, 0.3) is 0 Å². The third-order valence-electron chi connectivity index (χ3n) is 11.9. The van der Waals surface area contributed by atoms with Crippen molar-refractivity contribution < 1.29 is 27.1 Å². The lowest BCUT2D eigenvalue weighted by Crippen LogP contribution is -2.48. The molecule has 1 saturated heterocycles. The van der Waals surface area contributed by atoms with Crippen molar-refractivity contribution in [1.29, 1.82) is 0 Å². The number of nitrogens with zero attached hydrogens (tertiary/aromatic N) is 2. The Morgan fingerprint density at radius 1 is 1.10 bits per heavy atom. The summed E-state index contributed by atoms with van der Waals surface area (Å²) >= 11 is 6.28. The van der Waals surface area contributed by atoms with Gasteiger partial charge in [-0.1, -0.05) is 30.7 Å². The number of nitrogens with one attached hydrogen (secondary N) is 2. The number of benzene rings is 2. The third-order valence-corrected chi connectivity index (χ3v) is 14.1. The number of amides is 1. The summed E-state index contributed by atoms with van der Waals surface area (Å²) in [5, 5.41) is 2.75. The van der Waals surface area contributed by atoms with Crippen LogP contribution >= 0.6 is 11.6 Å². The number of fused-ring (bicyclic) bond motifs is 5. The number of piperazine rings is 1. The molecule has 6 aliphatic rings. The molecule has 272 valence electrons. The molecule has 2 fully saturated rings. The Bertz CT molecular complexity index is 1720. The predicted molar refractivity (Wildman–Crippen MR) is 194 cm³/mol. The van der Waals surface area contributed by atoms with Crippen LogP contribution in [0.3, 0.4) is 0 Å². The second-order valence-electron chi connectivity index (χ2n) is 14.9. The van der Waals surface area contributed by atoms with E-state index in [1.54, 1.807) is 31.2 Å². The standard InChI is InChI=1S/C38H50ClFN4O5S/c1-24-25(2)50(46,47)42-38(45)26-8-11-35-34(21-26)44(22-27-7-10-33(39)36(40)31(27)5-3-4-17-48-35)23-28-6-9-32(28)37(30-19-29(24)20-30)49-18-16-43-14-12-41-13-15-43/h7-8,10-11,19,21,24-25,28-29,32,37,41H,3-6,9,12-18,20,22-23H2,1-2H3,(H,42,45)/t24-,25-,28+,29?,32-,37+/m1/s1. The van der Waals surface area contributed by atoms with E-state index in [2.05, 4.69) is 25.9 Å². The maximum Gasteiger partial charge on any atom is 0.264 e. The SMILES string of the molecule is C[C@@H]1[C@@H](C)C2C=C(C2)[C@H](OCCN2CCNCC2)[C@@H]2CC[C@H]2CN2Cc3ccc(Cl)c(F)c3CCCCOc3ccc(cc32)C(=O)NS1(=O)=O. The highest BCUT2D eigenvalue weighted by atomic mass is 35.5. The van der Waals surface area contributed by atoms with Gasteiger partial charge in [-0.2, -0.15) is 0 Å². The summed E-state index contributed by atoms with van der Waals surface area (Å²) in [4.78, 5) is 18.2. The highest BCUT2D eigenvalue weighted by Crippen LogP contribution is 2.47. The van der Waals surface area contributed by atoms with Gasteiger partial charge in [-0.3, -0.25) is 9.69 Å². The number of sulfonamides is 1. The van der Waals surface area contributed by atoms with Crippen molar-refractivity contribution in [2.24, 2.45) is 23.7 Å². The summed E-state index contributed by atoms with van der Waals surface area (Å²) in [6, 6.07) is 8.65. The molecule has 50 heavy (non-hydrogen) atoms. The molecule has 0 spiro atoms. The Morgan fingerprint density at radius 3 is 2.66 bits per heavy atom. The minimum atomic E-state index is -3.97. The molecule has 0 radical (unpaired) electrons. The van der Waals surface area contributed by atoms with Gasteiger partial charge in [0.05, 0.1) is 35.3 Å². The predicted octanol–water partition coefficient (Wildman–Crippen LogP) is 5.56. The highest BCUT2D eigenvalue weighted by Gasteiger charge is 2.45. The van der Waals surface area contributed by atoms with Crippen molar-refractivity contribution in [1.82, 2.24) is 14.9 Å². The zero-order valence-electron chi connectivity index (χ0n) is 29.1. The van der Waals surface area contributed by atoms with Gasteiger partial charge in [-0.15, -0.1) is 0 Å². The molecule has 4 aliphatic heterocycles. The molecule has 2 aromatic carbocycles. The molecule has 1 saturated carbocycles. The topological polar surface area (TPSA) is 100 Å². The van der Waals surface area contributed by atoms with Crippen molar-refractivity contribution in [3.63, 3.8) is 0 Å². The first kappa shape index (κ1) is 35.7. The minimum absolute atomic E-state index is 0.0471. The zero-order valence-corrected chi connectivity index (χ0v) is 30.7. The van der Waals surface area contributed by atoms with Gasteiger partial charge in [0, 0.05) is 51.4 Å². The van der Waals surface area contributed by atoms with E-state index in [1.165, 1.54) is 5.57 Å². The fraction of sp³-hybridized carbons (Fsp3) is 0.605. The second-order valence-corrected chi connectivity index (χ2v) is 17.3. The van der Waals surface area contributed by atoms with E-state index in [-0.39, 0.29) is 40.3 Å². The Balaban J connectivity index is 1.27. The largest absolute Gasteiger partial charge is 0.491 e. The quantitative estimate of drug-likeness (QED) is 0.395. The lowest BCUT2D eigenvalue weighted by Gasteiger charge is -2.48. The van der Waals surface area contributed by atoms with Crippen molar-refractivity contribution in [3.05, 3.63) is 69.5 Å². The van der Waals surface area contributed by atoms with Crippen LogP contribution in [-0.2, 0) is 27.7 Å². The molecule has 2 N–H and O–H groups in total. The van der Waals surface area contributed by atoms with E-state index in [1.807, 2.05) is 13.0 Å².